The highest BCUT2D eigenvalue weighted by molar-refractivity contribution is 6.95. The number of carbonyl (C=O) groups is 1. The molecule has 120 valence electrons. The van der Waals surface area contributed by atoms with Crippen molar-refractivity contribution in [2.45, 2.75) is 31.2 Å². The largest absolute Gasteiger partial charge is 0.376 e. The monoisotopic (exact) mass is 324 g/mol. The Morgan fingerprint density at radius 3 is 2.30 bits per heavy atom. The van der Waals surface area contributed by atoms with E-state index in [1.165, 1.54) is 17.0 Å². The SMILES string of the molecule is C[Si](C)(c1ccccc1)C1(C=O)CC1COCc1ccccc1. The summed E-state index contributed by atoms with van der Waals surface area (Å²) in [7, 11) is -1.84. The van der Waals surface area contributed by atoms with Crippen LogP contribution in [-0.2, 0) is 16.1 Å². The number of hydrogen-bond acceptors (Lipinski definition) is 2. The van der Waals surface area contributed by atoms with Gasteiger partial charge < -0.3 is 9.53 Å². The molecule has 0 spiro atoms. The molecule has 1 aliphatic carbocycles. The second-order valence-electron chi connectivity index (χ2n) is 7.05. The summed E-state index contributed by atoms with van der Waals surface area (Å²) in [6, 6.07) is 20.7. The number of benzene rings is 2. The Labute approximate surface area is 139 Å². The maximum Gasteiger partial charge on any atom is 0.124 e. The summed E-state index contributed by atoms with van der Waals surface area (Å²) in [6.07, 6.45) is 2.20. The van der Waals surface area contributed by atoms with E-state index in [2.05, 4.69) is 49.5 Å². The zero-order valence-electron chi connectivity index (χ0n) is 13.9. The first-order valence-electron chi connectivity index (χ1n) is 8.24. The zero-order valence-corrected chi connectivity index (χ0v) is 14.9. The summed E-state index contributed by atoms with van der Waals surface area (Å²) in [6.45, 7) is 5.93. The number of aldehydes is 1. The van der Waals surface area contributed by atoms with Gasteiger partial charge >= 0.3 is 0 Å². The van der Waals surface area contributed by atoms with Crippen LogP contribution in [0.4, 0.5) is 0 Å². The Morgan fingerprint density at radius 1 is 1.09 bits per heavy atom. The topological polar surface area (TPSA) is 26.3 Å². The van der Waals surface area contributed by atoms with Gasteiger partial charge in [-0.3, -0.25) is 0 Å². The van der Waals surface area contributed by atoms with Gasteiger partial charge in [0.1, 0.15) is 6.29 Å². The molecule has 0 amide bonds. The van der Waals surface area contributed by atoms with Crippen LogP contribution < -0.4 is 5.19 Å². The van der Waals surface area contributed by atoms with E-state index in [9.17, 15) is 4.79 Å². The summed E-state index contributed by atoms with van der Waals surface area (Å²) in [5.74, 6) is 0.366. The summed E-state index contributed by atoms with van der Waals surface area (Å²) in [4.78, 5) is 11.9. The fourth-order valence-corrected chi connectivity index (χ4v) is 7.35. The van der Waals surface area contributed by atoms with Crippen LogP contribution in [0.1, 0.15) is 12.0 Å². The van der Waals surface area contributed by atoms with Gasteiger partial charge in [0.25, 0.3) is 0 Å². The highest BCUT2D eigenvalue weighted by Gasteiger charge is 2.64. The molecule has 0 aliphatic heterocycles. The van der Waals surface area contributed by atoms with Gasteiger partial charge in [-0.25, -0.2) is 0 Å². The molecule has 0 radical (unpaired) electrons. The predicted octanol–water partition coefficient (Wildman–Crippen LogP) is 3.78. The lowest BCUT2D eigenvalue weighted by molar-refractivity contribution is -0.108. The van der Waals surface area contributed by atoms with Gasteiger partial charge in [0.05, 0.1) is 21.3 Å². The standard InChI is InChI=1S/C20H24O2Si/c1-23(2,19-11-7-4-8-12-19)20(16-21)13-18(20)15-22-14-17-9-5-3-6-10-17/h3-12,16,18H,13-15H2,1-2H3. The predicted molar refractivity (Wildman–Crippen MR) is 96.5 cm³/mol. The third-order valence-electron chi connectivity index (χ3n) is 5.45. The van der Waals surface area contributed by atoms with E-state index in [4.69, 9.17) is 4.74 Å². The maximum atomic E-state index is 11.9. The fraction of sp³-hybridized carbons (Fsp3) is 0.350. The quantitative estimate of drug-likeness (QED) is 0.572. The van der Waals surface area contributed by atoms with Crippen LogP contribution in [0.15, 0.2) is 60.7 Å². The van der Waals surface area contributed by atoms with Crippen molar-refractivity contribution in [3.05, 3.63) is 66.2 Å². The van der Waals surface area contributed by atoms with Crippen LogP contribution in [-0.4, -0.2) is 21.0 Å². The van der Waals surface area contributed by atoms with E-state index in [0.717, 1.165) is 6.42 Å². The molecule has 0 saturated heterocycles. The molecule has 0 N–H and O–H groups in total. The van der Waals surface area contributed by atoms with Crippen LogP contribution in [0.5, 0.6) is 0 Å². The first-order valence-corrected chi connectivity index (χ1v) is 11.2. The third-order valence-corrected chi connectivity index (χ3v) is 10.3. The molecular formula is C20H24O2Si. The van der Waals surface area contributed by atoms with E-state index in [1.807, 2.05) is 24.3 Å². The lowest BCUT2D eigenvalue weighted by atomic mass is 10.2. The Morgan fingerprint density at radius 2 is 1.70 bits per heavy atom. The summed E-state index contributed by atoms with van der Waals surface area (Å²) in [5.41, 5.74) is 1.18. The highest BCUT2D eigenvalue weighted by Crippen LogP contribution is 2.64. The van der Waals surface area contributed by atoms with E-state index >= 15 is 0 Å². The van der Waals surface area contributed by atoms with Crippen LogP contribution in [0.3, 0.4) is 0 Å². The maximum absolute atomic E-state index is 11.9. The Kier molecular flexibility index (Phi) is 4.51. The molecule has 0 bridgehead atoms. The van der Waals surface area contributed by atoms with Crippen LogP contribution >= 0.6 is 0 Å². The average molecular weight is 324 g/mol. The van der Waals surface area contributed by atoms with Crippen molar-refractivity contribution < 1.29 is 9.53 Å². The molecule has 1 saturated carbocycles. The molecular weight excluding hydrogens is 300 g/mol. The minimum Gasteiger partial charge on any atom is -0.376 e. The normalized spacial score (nSPS) is 23.5. The van der Waals surface area contributed by atoms with Crippen molar-refractivity contribution >= 4 is 19.5 Å². The van der Waals surface area contributed by atoms with E-state index in [0.29, 0.717) is 19.1 Å². The molecule has 0 heterocycles. The van der Waals surface area contributed by atoms with Crippen molar-refractivity contribution in [1.82, 2.24) is 0 Å². The van der Waals surface area contributed by atoms with E-state index in [1.54, 1.807) is 0 Å². The summed E-state index contributed by atoms with van der Waals surface area (Å²) < 4.78 is 5.90. The minimum atomic E-state index is -1.84. The number of carbonyl (C=O) groups excluding carboxylic acids is 1. The Hall–Kier alpha value is -1.71. The van der Waals surface area contributed by atoms with Crippen molar-refractivity contribution in [1.29, 1.82) is 0 Å². The van der Waals surface area contributed by atoms with Gasteiger partial charge in [-0.2, -0.15) is 0 Å². The molecule has 1 fully saturated rings. The number of rotatable bonds is 7. The van der Waals surface area contributed by atoms with Gasteiger partial charge in [-0.15, -0.1) is 0 Å². The first kappa shape index (κ1) is 16.2. The van der Waals surface area contributed by atoms with E-state index < -0.39 is 8.07 Å². The summed E-state index contributed by atoms with van der Waals surface area (Å²) in [5, 5.41) is 1.20. The van der Waals surface area contributed by atoms with Crippen LogP contribution in [0.25, 0.3) is 0 Å². The molecule has 2 unspecified atom stereocenters. The van der Waals surface area contributed by atoms with Crippen molar-refractivity contribution in [2.24, 2.45) is 5.92 Å². The molecule has 3 rings (SSSR count). The van der Waals surface area contributed by atoms with Crippen molar-refractivity contribution in [3.63, 3.8) is 0 Å². The molecule has 2 atom stereocenters. The molecule has 2 aromatic rings. The molecule has 3 heteroatoms. The molecule has 2 nitrogen and oxygen atoms in total. The van der Waals surface area contributed by atoms with Crippen LogP contribution in [0, 0.1) is 5.92 Å². The molecule has 0 aromatic heterocycles. The molecule has 2 aromatic carbocycles. The van der Waals surface area contributed by atoms with Gasteiger partial charge in [0, 0.05) is 5.04 Å². The Bertz CT molecular complexity index is 654. The lowest BCUT2D eigenvalue weighted by Gasteiger charge is -2.30. The van der Waals surface area contributed by atoms with E-state index in [-0.39, 0.29) is 5.04 Å². The summed E-state index contributed by atoms with van der Waals surface area (Å²) >= 11 is 0. The van der Waals surface area contributed by atoms with Crippen LogP contribution in [0.2, 0.25) is 18.1 Å². The second kappa shape index (κ2) is 6.42. The number of hydrogen-bond donors (Lipinski definition) is 0. The van der Waals surface area contributed by atoms with Gasteiger partial charge in [-0.05, 0) is 17.9 Å². The number of ether oxygens (including phenoxy) is 1. The van der Waals surface area contributed by atoms with Gasteiger partial charge in [0.2, 0.25) is 0 Å². The molecule has 1 aliphatic rings. The third kappa shape index (κ3) is 3.03. The smallest absolute Gasteiger partial charge is 0.124 e. The highest BCUT2D eigenvalue weighted by atomic mass is 28.3. The fourth-order valence-electron chi connectivity index (χ4n) is 3.63. The first-order chi connectivity index (χ1) is 11.1. The minimum absolute atomic E-state index is 0.162. The van der Waals surface area contributed by atoms with Crippen molar-refractivity contribution in [3.8, 4) is 0 Å². The zero-order chi connectivity index (χ0) is 16.3. The second-order valence-corrected chi connectivity index (χ2v) is 11.8. The average Bonchev–Trinajstić information content (AvgIpc) is 3.32. The van der Waals surface area contributed by atoms with Gasteiger partial charge in [-0.1, -0.05) is 78.9 Å². The molecule has 23 heavy (non-hydrogen) atoms. The Balaban J connectivity index is 1.64. The van der Waals surface area contributed by atoms with Gasteiger partial charge in [0.15, 0.2) is 0 Å². The van der Waals surface area contributed by atoms with Crippen molar-refractivity contribution in [2.75, 3.05) is 6.61 Å². The lowest BCUT2D eigenvalue weighted by Crippen LogP contribution is -2.49.